The smallest absolute Gasteiger partial charge is 0.255 e. The number of carbonyl (C=O) groups is 1. The molecule has 0 N–H and O–H groups in total. The Balaban J connectivity index is 2.46. The molecular formula is C18H22N2O. The van der Waals surface area contributed by atoms with Gasteiger partial charge in [0.05, 0.1) is 16.8 Å². The zero-order valence-electron chi connectivity index (χ0n) is 13.2. The maximum absolute atomic E-state index is 12.7. The molecule has 0 saturated heterocycles. The average molecular weight is 282 g/mol. The number of pyridine rings is 1. The summed E-state index contributed by atoms with van der Waals surface area (Å²) in [4.78, 5) is 19.1. The molecule has 3 heteroatoms. The largest absolute Gasteiger partial charge is 0.335 e. The molecular weight excluding hydrogens is 260 g/mol. The molecule has 1 heterocycles. The van der Waals surface area contributed by atoms with Crippen molar-refractivity contribution >= 4 is 16.8 Å². The van der Waals surface area contributed by atoms with Gasteiger partial charge in [-0.05, 0) is 45.9 Å². The van der Waals surface area contributed by atoms with Crippen LogP contribution in [-0.4, -0.2) is 28.9 Å². The van der Waals surface area contributed by atoms with Gasteiger partial charge in [0.25, 0.3) is 5.91 Å². The van der Waals surface area contributed by atoms with Crippen molar-refractivity contribution in [2.45, 2.75) is 27.7 Å². The SMILES string of the molecule is C=C(C)CN(CC)C(=O)c1cc2cc(C)ccc2nc1C. The van der Waals surface area contributed by atoms with Crippen molar-refractivity contribution in [2.24, 2.45) is 0 Å². The van der Waals surface area contributed by atoms with Crippen LogP contribution >= 0.6 is 0 Å². The minimum absolute atomic E-state index is 0.0221. The Kier molecular flexibility index (Phi) is 4.41. The van der Waals surface area contributed by atoms with E-state index in [9.17, 15) is 4.79 Å². The fraction of sp³-hybridized carbons (Fsp3) is 0.333. The van der Waals surface area contributed by atoms with Crippen LogP contribution in [0.2, 0.25) is 0 Å². The van der Waals surface area contributed by atoms with Gasteiger partial charge in [-0.1, -0.05) is 23.8 Å². The van der Waals surface area contributed by atoms with E-state index in [1.54, 1.807) is 4.90 Å². The Bertz CT molecular complexity index is 704. The van der Waals surface area contributed by atoms with E-state index >= 15 is 0 Å². The Morgan fingerprint density at radius 2 is 2.00 bits per heavy atom. The van der Waals surface area contributed by atoms with Crippen molar-refractivity contribution in [3.05, 3.63) is 53.2 Å². The predicted molar refractivity (Wildman–Crippen MR) is 87.6 cm³/mol. The molecule has 2 rings (SSSR count). The van der Waals surface area contributed by atoms with Crippen LogP contribution in [0.25, 0.3) is 10.9 Å². The van der Waals surface area contributed by atoms with Crippen LogP contribution in [0.5, 0.6) is 0 Å². The molecule has 3 nitrogen and oxygen atoms in total. The molecule has 0 radical (unpaired) electrons. The summed E-state index contributed by atoms with van der Waals surface area (Å²) in [5.41, 5.74) is 4.53. The molecule has 1 aromatic carbocycles. The lowest BCUT2D eigenvalue weighted by Crippen LogP contribution is -2.32. The van der Waals surface area contributed by atoms with E-state index in [0.29, 0.717) is 18.7 Å². The molecule has 1 amide bonds. The summed E-state index contributed by atoms with van der Waals surface area (Å²) in [5, 5.41) is 1.01. The molecule has 110 valence electrons. The summed E-state index contributed by atoms with van der Waals surface area (Å²) in [6.07, 6.45) is 0. The van der Waals surface area contributed by atoms with Gasteiger partial charge in [-0.2, -0.15) is 0 Å². The quantitative estimate of drug-likeness (QED) is 0.797. The lowest BCUT2D eigenvalue weighted by atomic mass is 10.1. The fourth-order valence-corrected chi connectivity index (χ4v) is 2.43. The molecule has 21 heavy (non-hydrogen) atoms. The van der Waals surface area contributed by atoms with Gasteiger partial charge in [-0.25, -0.2) is 0 Å². The maximum Gasteiger partial charge on any atom is 0.255 e. The van der Waals surface area contributed by atoms with Gasteiger partial charge < -0.3 is 4.90 Å². The lowest BCUT2D eigenvalue weighted by molar-refractivity contribution is 0.0777. The van der Waals surface area contributed by atoms with Crippen molar-refractivity contribution in [1.82, 2.24) is 9.88 Å². The van der Waals surface area contributed by atoms with Crippen LogP contribution in [0.4, 0.5) is 0 Å². The fourth-order valence-electron chi connectivity index (χ4n) is 2.43. The van der Waals surface area contributed by atoms with E-state index in [1.165, 1.54) is 5.56 Å². The van der Waals surface area contributed by atoms with Crippen LogP contribution in [-0.2, 0) is 0 Å². The highest BCUT2D eigenvalue weighted by Crippen LogP contribution is 2.19. The molecule has 0 saturated carbocycles. The van der Waals surface area contributed by atoms with Crippen LogP contribution < -0.4 is 0 Å². The first-order valence-electron chi connectivity index (χ1n) is 7.24. The third-order valence-electron chi connectivity index (χ3n) is 3.52. The second kappa shape index (κ2) is 6.08. The van der Waals surface area contributed by atoms with Crippen molar-refractivity contribution in [2.75, 3.05) is 13.1 Å². The van der Waals surface area contributed by atoms with E-state index in [4.69, 9.17) is 0 Å². The Hall–Kier alpha value is -2.16. The van der Waals surface area contributed by atoms with Gasteiger partial charge in [0, 0.05) is 18.5 Å². The number of benzene rings is 1. The van der Waals surface area contributed by atoms with Gasteiger partial charge in [0.2, 0.25) is 0 Å². The number of nitrogens with zero attached hydrogens (tertiary/aromatic N) is 2. The first-order chi connectivity index (χ1) is 9.92. The summed E-state index contributed by atoms with van der Waals surface area (Å²) in [7, 11) is 0. The van der Waals surface area contributed by atoms with Crippen molar-refractivity contribution in [3.63, 3.8) is 0 Å². The van der Waals surface area contributed by atoms with E-state index in [2.05, 4.69) is 17.6 Å². The number of amides is 1. The topological polar surface area (TPSA) is 33.2 Å². The minimum atomic E-state index is 0.0221. The standard InChI is InChI=1S/C18H22N2O/c1-6-20(11-12(2)3)18(21)16-10-15-9-13(4)7-8-17(15)19-14(16)5/h7-10H,2,6,11H2,1,3-5H3. The first-order valence-corrected chi connectivity index (χ1v) is 7.24. The van der Waals surface area contributed by atoms with E-state index in [0.717, 1.165) is 22.2 Å². The second-order valence-corrected chi connectivity index (χ2v) is 5.59. The monoisotopic (exact) mass is 282 g/mol. The number of likely N-dealkylation sites (N-methyl/N-ethyl adjacent to an activating group) is 1. The highest BCUT2D eigenvalue weighted by atomic mass is 16.2. The first kappa shape index (κ1) is 15.2. The number of rotatable bonds is 4. The van der Waals surface area contributed by atoms with Crippen molar-refractivity contribution in [3.8, 4) is 0 Å². The zero-order valence-corrected chi connectivity index (χ0v) is 13.2. The van der Waals surface area contributed by atoms with Gasteiger partial charge in [-0.15, -0.1) is 0 Å². The number of carbonyl (C=O) groups excluding carboxylic acids is 1. The number of fused-ring (bicyclic) bond motifs is 1. The number of aromatic nitrogens is 1. The van der Waals surface area contributed by atoms with Gasteiger partial charge in [-0.3, -0.25) is 9.78 Å². The molecule has 0 atom stereocenters. The molecule has 0 aliphatic heterocycles. The normalized spacial score (nSPS) is 10.7. The highest BCUT2D eigenvalue weighted by Gasteiger charge is 2.17. The van der Waals surface area contributed by atoms with E-state index < -0.39 is 0 Å². The van der Waals surface area contributed by atoms with Crippen molar-refractivity contribution in [1.29, 1.82) is 0 Å². The predicted octanol–water partition coefficient (Wildman–Crippen LogP) is 3.89. The molecule has 1 aromatic heterocycles. The molecule has 0 aliphatic carbocycles. The lowest BCUT2D eigenvalue weighted by Gasteiger charge is -2.22. The highest BCUT2D eigenvalue weighted by molar-refractivity contribution is 5.98. The Morgan fingerprint density at radius 3 is 2.62 bits per heavy atom. The van der Waals surface area contributed by atoms with Crippen LogP contribution in [0.1, 0.15) is 35.5 Å². The zero-order chi connectivity index (χ0) is 15.6. The Morgan fingerprint density at radius 1 is 1.29 bits per heavy atom. The number of hydrogen-bond acceptors (Lipinski definition) is 2. The molecule has 0 bridgehead atoms. The third kappa shape index (κ3) is 3.30. The summed E-state index contributed by atoms with van der Waals surface area (Å²) in [6, 6.07) is 8.05. The minimum Gasteiger partial charge on any atom is -0.335 e. The maximum atomic E-state index is 12.7. The second-order valence-electron chi connectivity index (χ2n) is 5.59. The third-order valence-corrected chi connectivity index (χ3v) is 3.52. The summed E-state index contributed by atoms with van der Waals surface area (Å²) in [5.74, 6) is 0.0221. The number of aryl methyl sites for hydroxylation is 2. The van der Waals surface area contributed by atoms with E-state index in [-0.39, 0.29) is 5.91 Å². The molecule has 0 spiro atoms. The van der Waals surface area contributed by atoms with Gasteiger partial charge >= 0.3 is 0 Å². The molecule has 0 aliphatic rings. The van der Waals surface area contributed by atoms with E-state index in [1.807, 2.05) is 45.9 Å². The average Bonchev–Trinajstić information content (AvgIpc) is 2.43. The molecule has 0 fully saturated rings. The van der Waals surface area contributed by atoms with Crippen LogP contribution in [0.3, 0.4) is 0 Å². The summed E-state index contributed by atoms with van der Waals surface area (Å²) >= 11 is 0. The van der Waals surface area contributed by atoms with Crippen LogP contribution in [0, 0.1) is 13.8 Å². The van der Waals surface area contributed by atoms with Crippen LogP contribution in [0.15, 0.2) is 36.4 Å². The number of hydrogen-bond donors (Lipinski definition) is 0. The molecule has 2 aromatic rings. The van der Waals surface area contributed by atoms with Crippen molar-refractivity contribution < 1.29 is 4.79 Å². The Labute approximate surface area is 126 Å². The van der Waals surface area contributed by atoms with Gasteiger partial charge in [0.1, 0.15) is 0 Å². The molecule has 0 unspecified atom stereocenters. The van der Waals surface area contributed by atoms with Gasteiger partial charge in [0.15, 0.2) is 0 Å². The summed E-state index contributed by atoms with van der Waals surface area (Å²) in [6.45, 7) is 13.0. The summed E-state index contributed by atoms with van der Waals surface area (Å²) < 4.78 is 0.